The minimum atomic E-state index is 0.268. The first-order valence-electron chi connectivity index (χ1n) is 8.78. The maximum atomic E-state index is 5.99. The van der Waals surface area contributed by atoms with E-state index in [2.05, 4.69) is 30.4 Å². The van der Waals surface area contributed by atoms with Gasteiger partial charge in [0.25, 0.3) is 0 Å². The lowest BCUT2D eigenvalue weighted by atomic mass is 9.74. The predicted octanol–water partition coefficient (Wildman–Crippen LogP) is 3.02. The van der Waals surface area contributed by atoms with Gasteiger partial charge in [0.15, 0.2) is 0 Å². The summed E-state index contributed by atoms with van der Waals surface area (Å²) < 4.78 is 11.5. The summed E-state index contributed by atoms with van der Waals surface area (Å²) in [6.07, 6.45) is 14.2. The topological polar surface area (TPSA) is 18.5 Å². The van der Waals surface area contributed by atoms with Crippen LogP contribution >= 0.6 is 0 Å². The summed E-state index contributed by atoms with van der Waals surface area (Å²) in [6.45, 7) is 0.892. The van der Waals surface area contributed by atoms with Crippen LogP contribution in [-0.2, 0) is 4.74 Å². The molecule has 2 fully saturated rings. The van der Waals surface area contributed by atoms with Gasteiger partial charge in [-0.2, -0.15) is 0 Å². The molecule has 22 heavy (non-hydrogen) atoms. The molecule has 2 saturated carbocycles. The summed E-state index contributed by atoms with van der Waals surface area (Å²) in [5.74, 6) is 1.83. The SMILES string of the molecule is COC1CCC2(C=c3ccc(OCC4CCC4)cc3=C2)CC1. The van der Waals surface area contributed by atoms with Gasteiger partial charge < -0.3 is 9.47 Å². The summed E-state index contributed by atoms with van der Waals surface area (Å²) in [6, 6.07) is 6.61. The van der Waals surface area contributed by atoms with E-state index >= 15 is 0 Å². The highest BCUT2D eigenvalue weighted by molar-refractivity contribution is 5.58. The minimum absolute atomic E-state index is 0.268. The van der Waals surface area contributed by atoms with Gasteiger partial charge in [-0.15, -0.1) is 0 Å². The highest BCUT2D eigenvalue weighted by Gasteiger charge is 2.33. The van der Waals surface area contributed by atoms with Gasteiger partial charge >= 0.3 is 0 Å². The molecule has 4 rings (SSSR count). The Morgan fingerprint density at radius 3 is 2.50 bits per heavy atom. The van der Waals surface area contributed by atoms with Crippen molar-refractivity contribution in [2.45, 2.75) is 51.0 Å². The largest absolute Gasteiger partial charge is 0.493 e. The van der Waals surface area contributed by atoms with E-state index < -0.39 is 0 Å². The van der Waals surface area contributed by atoms with Crippen molar-refractivity contribution in [2.75, 3.05) is 13.7 Å². The summed E-state index contributed by atoms with van der Waals surface area (Å²) >= 11 is 0. The molecule has 1 aromatic rings. The Bertz CT molecular complexity index is 649. The van der Waals surface area contributed by atoms with Crippen LogP contribution < -0.4 is 15.2 Å². The van der Waals surface area contributed by atoms with Crippen LogP contribution in [0.5, 0.6) is 5.75 Å². The average molecular weight is 298 g/mol. The van der Waals surface area contributed by atoms with Gasteiger partial charge in [-0.25, -0.2) is 0 Å². The average Bonchev–Trinajstić information content (AvgIpc) is 2.83. The van der Waals surface area contributed by atoms with Crippen molar-refractivity contribution in [1.82, 2.24) is 0 Å². The molecule has 0 radical (unpaired) electrons. The molecular formula is C20H26O2. The van der Waals surface area contributed by atoms with E-state index in [9.17, 15) is 0 Å². The lowest BCUT2D eigenvalue weighted by molar-refractivity contribution is 0.0564. The maximum absolute atomic E-state index is 5.99. The molecule has 118 valence electrons. The van der Waals surface area contributed by atoms with E-state index in [1.807, 2.05) is 7.11 Å². The Kier molecular flexibility index (Phi) is 3.73. The fourth-order valence-electron chi connectivity index (χ4n) is 4.09. The van der Waals surface area contributed by atoms with Crippen molar-refractivity contribution < 1.29 is 9.47 Å². The van der Waals surface area contributed by atoms with Crippen molar-refractivity contribution in [1.29, 1.82) is 0 Å². The van der Waals surface area contributed by atoms with Crippen LogP contribution in [-0.4, -0.2) is 19.8 Å². The minimum Gasteiger partial charge on any atom is -0.493 e. The Hall–Kier alpha value is -1.28. The zero-order valence-corrected chi connectivity index (χ0v) is 13.5. The molecule has 0 aliphatic heterocycles. The van der Waals surface area contributed by atoms with Crippen molar-refractivity contribution in [3.05, 3.63) is 28.6 Å². The first-order chi connectivity index (χ1) is 10.8. The smallest absolute Gasteiger partial charge is 0.119 e. The number of benzene rings is 1. The molecule has 0 unspecified atom stereocenters. The highest BCUT2D eigenvalue weighted by Crippen LogP contribution is 2.41. The molecule has 0 saturated heterocycles. The fraction of sp³-hybridized carbons (Fsp3) is 0.600. The third kappa shape index (κ3) is 2.69. The second-order valence-corrected chi connectivity index (χ2v) is 7.36. The van der Waals surface area contributed by atoms with E-state index in [-0.39, 0.29) is 5.41 Å². The van der Waals surface area contributed by atoms with Gasteiger partial charge in [0.1, 0.15) is 5.75 Å². The number of methoxy groups -OCH3 is 1. The second kappa shape index (κ2) is 5.73. The van der Waals surface area contributed by atoms with Crippen molar-refractivity contribution in [3.63, 3.8) is 0 Å². The molecule has 0 N–H and O–H groups in total. The number of rotatable bonds is 4. The lowest BCUT2D eigenvalue weighted by Crippen LogP contribution is -2.26. The van der Waals surface area contributed by atoms with Gasteiger partial charge in [-0.3, -0.25) is 0 Å². The lowest BCUT2D eigenvalue weighted by Gasteiger charge is -2.34. The van der Waals surface area contributed by atoms with Crippen LogP contribution in [0.3, 0.4) is 0 Å². The molecule has 0 atom stereocenters. The van der Waals surface area contributed by atoms with E-state index in [0.29, 0.717) is 6.10 Å². The van der Waals surface area contributed by atoms with Crippen molar-refractivity contribution in [2.24, 2.45) is 11.3 Å². The van der Waals surface area contributed by atoms with Gasteiger partial charge in [0, 0.05) is 12.5 Å². The normalized spacial score (nSPS) is 30.3. The molecule has 3 aliphatic carbocycles. The zero-order chi connectivity index (χ0) is 15.0. The third-order valence-electron chi connectivity index (χ3n) is 5.85. The van der Waals surface area contributed by atoms with Crippen LogP contribution in [0.4, 0.5) is 0 Å². The monoisotopic (exact) mass is 298 g/mol. The van der Waals surface area contributed by atoms with Gasteiger partial charge in [0.2, 0.25) is 0 Å². The summed E-state index contributed by atoms with van der Waals surface area (Å²) in [4.78, 5) is 0. The molecule has 0 aromatic heterocycles. The van der Waals surface area contributed by atoms with Crippen LogP contribution in [0, 0.1) is 11.3 Å². The Labute approximate surface area is 132 Å². The molecule has 1 spiro atoms. The summed E-state index contributed by atoms with van der Waals surface area (Å²) in [5.41, 5.74) is 0.268. The van der Waals surface area contributed by atoms with Crippen molar-refractivity contribution >= 4 is 12.2 Å². The van der Waals surface area contributed by atoms with Crippen molar-refractivity contribution in [3.8, 4) is 5.75 Å². The molecule has 1 aromatic carbocycles. The van der Waals surface area contributed by atoms with E-state index in [0.717, 1.165) is 18.3 Å². The standard InChI is InChI=1S/C20H26O2/c1-21-18-7-9-20(10-8-18)12-16-5-6-19(11-17(16)13-20)22-14-15-3-2-4-15/h5-6,11-13,15,18H,2-4,7-10,14H2,1H3. The number of fused-ring (bicyclic) bond motifs is 1. The van der Waals surface area contributed by atoms with Gasteiger partial charge in [-0.1, -0.05) is 24.6 Å². The van der Waals surface area contributed by atoms with Gasteiger partial charge in [0.05, 0.1) is 12.7 Å². The number of hydrogen-bond donors (Lipinski definition) is 0. The molecule has 0 heterocycles. The first-order valence-corrected chi connectivity index (χ1v) is 8.78. The van der Waals surface area contributed by atoms with Gasteiger partial charge in [-0.05, 0) is 67.0 Å². The highest BCUT2D eigenvalue weighted by atomic mass is 16.5. The molecule has 2 heteroatoms. The zero-order valence-electron chi connectivity index (χ0n) is 13.5. The predicted molar refractivity (Wildman–Crippen MR) is 89.2 cm³/mol. The Balaban J connectivity index is 1.50. The second-order valence-electron chi connectivity index (χ2n) is 7.36. The summed E-state index contributed by atoms with van der Waals surface area (Å²) in [5, 5.41) is 2.74. The number of hydrogen-bond acceptors (Lipinski definition) is 2. The Morgan fingerprint density at radius 2 is 1.82 bits per heavy atom. The molecule has 0 bridgehead atoms. The molecular weight excluding hydrogens is 272 g/mol. The van der Waals surface area contributed by atoms with Crippen LogP contribution in [0.1, 0.15) is 44.9 Å². The molecule has 3 aliphatic rings. The Morgan fingerprint density at radius 1 is 1.05 bits per heavy atom. The quantitative estimate of drug-likeness (QED) is 0.851. The first kappa shape index (κ1) is 14.3. The maximum Gasteiger partial charge on any atom is 0.119 e. The fourth-order valence-corrected chi connectivity index (χ4v) is 4.09. The third-order valence-corrected chi connectivity index (χ3v) is 5.85. The number of ether oxygens (including phenoxy) is 2. The van der Waals surface area contributed by atoms with Crippen LogP contribution in [0.2, 0.25) is 0 Å². The van der Waals surface area contributed by atoms with E-state index in [4.69, 9.17) is 9.47 Å². The summed E-state index contributed by atoms with van der Waals surface area (Å²) in [7, 11) is 1.84. The van der Waals surface area contributed by atoms with E-state index in [1.54, 1.807) is 0 Å². The molecule has 2 nitrogen and oxygen atoms in total. The van der Waals surface area contributed by atoms with Crippen LogP contribution in [0.15, 0.2) is 18.2 Å². The van der Waals surface area contributed by atoms with Crippen LogP contribution in [0.25, 0.3) is 12.2 Å². The molecule has 0 amide bonds. The van der Waals surface area contributed by atoms with E-state index in [1.165, 1.54) is 55.4 Å².